The molecule has 2 aromatic carbocycles. The van der Waals surface area contributed by atoms with Crippen molar-refractivity contribution in [3.05, 3.63) is 71.7 Å². The molecule has 3 atom stereocenters. The van der Waals surface area contributed by atoms with Crippen LogP contribution in [0, 0.1) is 5.92 Å². The van der Waals surface area contributed by atoms with E-state index >= 15 is 0 Å². The number of sulfone groups is 1. The first-order valence-electron chi connectivity index (χ1n) is 9.07. The van der Waals surface area contributed by atoms with Gasteiger partial charge in [0.25, 0.3) is 0 Å². The van der Waals surface area contributed by atoms with Crippen LogP contribution in [0.3, 0.4) is 0 Å². The zero-order valence-corrected chi connectivity index (χ0v) is 15.7. The molecule has 1 aromatic heterocycles. The molecule has 0 saturated carbocycles. The zero-order valence-electron chi connectivity index (χ0n) is 14.9. The molecule has 1 aliphatic heterocycles. The first kappa shape index (κ1) is 16.7. The van der Waals surface area contributed by atoms with E-state index in [0.29, 0.717) is 4.90 Å². The van der Waals surface area contributed by atoms with Crippen LogP contribution >= 0.6 is 0 Å². The van der Waals surface area contributed by atoms with E-state index in [1.165, 1.54) is 17.4 Å². The highest BCUT2D eigenvalue weighted by molar-refractivity contribution is 7.90. The molecule has 27 heavy (non-hydrogen) atoms. The molecule has 1 aliphatic carbocycles. The minimum atomic E-state index is -3.25. The van der Waals surface area contributed by atoms with Crippen molar-refractivity contribution in [3.8, 4) is 11.3 Å². The van der Waals surface area contributed by atoms with Gasteiger partial charge in [-0.1, -0.05) is 30.3 Å². The lowest BCUT2D eigenvalue weighted by molar-refractivity contribution is 0.0719. The molecule has 5 nitrogen and oxygen atoms in total. The van der Waals surface area contributed by atoms with Crippen molar-refractivity contribution in [3.63, 3.8) is 0 Å². The van der Waals surface area contributed by atoms with Gasteiger partial charge in [0.2, 0.25) is 0 Å². The molecule has 1 N–H and O–H groups in total. The maximum Gasteiger partial charge on any atom is 0.175 e. The average Bonchev–Trinajstić information content (AvgIpc) is 3.22. The lowest BCUT2D eigenvalue weighted by Crippen LogP contribution is -2.28. The molecule has 0 spiro atoms. The van der Waals surface area contributed by atoms with Gasteiger partial charge in [0.05, 0.1) is 35.3 Å². The average molecular weight is 380 g/mol. The number of aliphatic hydroxyl groups excluding tert-OH is 1. The second-order valence-corrected chi connectivity index (χ2v) is 9.51. The highest BCUT2D eigenvalue weighted by atomic mass is 32.2. The van der Waals surface area contributed by atoms with E-state index in [1.54, 1.807) is 18.2 Å². The number of aryl methyl sites for hydroxylation is 1. The molecule has 3 aromatic rings. The lowest BCUT2D eigenvalue weighted by Gasteiger charge is -2.35. The standard InChI is InChI=1S/C21H20N2O3S/c1-27(25,26)14-7-9-15-13(10-14)6-8-18(21(15)24)20-17-5-3-2-4-16(17)19-11-22-12-23(19)20/h2-5,7,9-12,18,20-21,24H,6,8H2,1H3/t18-,20?,21+/m0/s1. The van der Waals surface area contributed by atoms with Crippen LogP contribution < -0.4 is 0 Å². The second kappa shape index (κ2) is 5.78. The number of benzene rings is 2. The maximum absolute atomic E-state index is 11.8. The third-order valence-corrected chi connectivity index (χ3v) is 7.05. The van der Waals surface area contributed by atoms with Gasteiger partial charge in [0, 0.05) is 17.7 Å². The summed E-state index contributed by atoms with van der Waals surface area (Å²) in [6.07, 6.45) is 5.83. The van der Waals surface area contributed by atoms with E-state index in [4.69, 9.17) is 0 Å². The molecule has 2 heterocycles. The molecule has 0 saturated heterocycles. The molecule has 2 aliphatic rings. The Hall–Kier alpha value is -2.44. The largest absolute Gasteiger partial charge is 0.388 e. The first-order chi connectivity index (χ1) is 12.9. The third-order valence-electron chi connectivity index (χ3n) is 5.94. The smallest absolute Gasteiger partial charge is 0.175 e. The predicted octanol–water partition coefficient (Wildman–Crippen LogP) is 3.15. The highest BCUT2D eigenvalue weighted by Crippen LogP contribution is 2.49. The van der Waals surface area contributed by atoms with Crippen LogP contribution in [0.1, 0.15) is 35.3 Å². The van der Waals surface area contributed by atoms with Crippen LogP contribution in [-0.4, -0.2) is 29.3 Å². The Morgan fingerprint density at radius 2 is 1.96 bits per heavy atom. The SMILES string of the molecule is CS(=O)(=O)c1ccc2c(c1)CC[C@@H](C1c3ccccc3-c3cncn31)[C@@H]2O. The van der Waals surface area contributed by atoms with Gasteiger partial charge in [0.1, 0.15) is 0 Å². The summed E-state index contributed by atoms with van der Waals surface area (Å²) in [6, 6.07) is 13.4. The number of aliphatic hydroxyl groups is 1. The molecule has 0 amide bonds. The fourth-order valence-corrected chi connectivity index (χ4v) is 5.34. The van der Waals surface area contributed by atoms with Crippen LogP contribution in [0.5, 0.6) is 0 Å². The molecule has 0 radical (unpaired) electrons. The van der Waals surface area contributed by atoms with E-state index in [1.807, 2.05) is 24.7 Å². The van der Waals surface area contributed by atoms with Crippen LogP contribution in [0.4, 0.5) is 0 Å². The summed E-state index contributed by atoms with van der Waals surface area (Å²) in [6.45, 7) is 0. The van der Waals surface area contributed by atoms with Crippen molar-refractivity contribution in [2.24, 2.45) is 5.92 Å². The Balaban J connectivity index is 1.57. The predicted molar refractivity (Wildman–Crippen MR) is 102 cm³/mol. The topological polar surface area (TPSA) is 72.2 Å². The van der Waals surface area contributed by atoms with E-state index in [2.05, 4.69) is 21.7 Å². The number of nitrogens with zero attached hydrogens (tertiary/aromatic N) is 2. The summed E-state index contributed by atoms with van der Waals surface area (Å²) in [5.74, 6) is 0.0122. The minimum Gasteiger partial charge on any atom is -0.388 e. The zero-order chi connectivity index (χ0) is 18.8. The Kier molecular flexibility index (Phi) is 3.58. The van der Waals surface area contributed by atoms with Gasteiger partial charge >= 0.3 is 0 Å². The monoisotopic (exact) mass is 380 g/mol. The number of rotatable bonds is 2. The van der Waals surface area contributed by atoms with E-state index in [-0.39, 0.29) is 12.0 Å². The molecule has 5 rings (SSSR count). The van der Waals surface area contributed by atoms with Gasteiger partial charge in [-0.2, -0.15) is 0 Å². The molecule has 0 bridgehead atoms. The fraction of sp³-hybridized carbons (Fsp3) is 0.286. The Labute approximate surface area is 158 Å². The summed E-state index contributed by atoms with van der Waals surface area (Å²) in [7, 11) is -3.25. The molecular formula is C21H20N2O3S. The van der Waals surface area contributed by atoms with Crippen LogP contribution in [0.25, 0.3) is 11.3 Å². The van der Waals surface area contributed by atoms with Crippen molar-refractivity contribution < 1.29 is 13.5 Å². The summed E-state index contributed by atoms with van der Waals surface area (Å²) >= 11 is 0. The van der Waals surface area contributed by atoms with Crippen molar-refractivity contribution >= 4 is 9.84 Å². The molecule has 0 fully saturated rings. The van der Waals surface area contributed by atoms with Crippen LogP contribution in [0.2, 0.25) is 0 Å². The summed E-state index contributed by atoms with van der Waals surface area (Å²) < 4.78 is 25.9. The fourth-order valence-electron chi connectivity index (χ4n) is 4.67. The number of hydrogen-bond acceptors (Lipinski definition) is 4. The van der Waals surface area contributed by atoms with Crippen LogP contribution in [-0.2, 0) is 16.3 Å². The van der Waals surface area contributed by atoms with Gasteiger partial charge < -0.3 is 9.67 Å². The number of aromatic nitrogens is 2. The molecular weight excluding hydrogens is 360 g/mol. The van der Waals surface area contributed by atoms with Gasteiger partial charge in [-0.25, -0.2) is 13.4 Å². The molecule has 1 unspecified atom stereocenters. The van der Waals surface area contributed by atoms with Crippen molar-refractivity contribution in [2.45, 2.75) is 29.9 Å². The van der Waals surface area contributed by atoms with Gasteiger partial charge in [-0.05, 0) is 41.7 Å². The lowest BCUT2D eigenvalue weighted by atomic mass is 9.76. The van der Waals surface area contributed by atoms with E-state index in [9.17, 15) is 13.5 Å². The highest BCUT2D eigenvalue weighted by Gasteiger charge is 2.40. The molecule has 138 valence electrons. The normalized spacial score (nSPS) is 23.6. The Bertz CT molecular complexity index is 1150. The quantitative estimate of drug-likeness (QED) is 0.741. The van der Waals surface area contributed by atoms with Gasteiger partial charge in [-0.3, -0.25) is 0 Å². The Morgan fingerprint density at radius 3 is 2.78 bits per heavy atom. The summed E-state index contributed by atoms with van der Waals surface area (Å²) in [5.41, 5.74) is 5.24. The van der Waals surface area contributed by atoms with Gasteiger partial charge in [-0.15, -0.1) is 0 Å². The number of hydrogen-bond donors (Lipinski definition) is 1. The number of fused-ring (bicyclic) bond motifs is 4. The van der Waals surface area contributed by atoms with E-state index < -0.39 is 15.9 Å². The van der Waals surface area contributed by atoms with Crippen molar-refractivity contribution in [1.29, 1.82) is 0 Å². The second-order valence-electron chi connectivity index (χ2n) is 7.50. The number of imidazole rings is 1. The van der Waals surface area contributed by atoms with Crippen molar-refractivity contribution in [2.75, 3.05) is 6.26 Å². The van der Waals surface area contributed by atoms with Gasteiger partial charge in [0.15, 0.2) is 9.84 Å². The maximum atomic E-state index is 11.8. The first-order valence-corrected chi connectivity index (χ1v) is 11.0. The minimum absolute atomic E-state index is 0.0122. The van der Waals surface area contributed by atoms with E-state index in [0.717, 1.165) is 29.7 Å². The van der Waals surface area contributed by atoms with Crippen molar-refractivity contribution in [1.82, 2.24) is 9.55 Å². The molecule has 6 heteroatoms. The summed E-state index contributed by atoms with van der Waals surface area (Å²) in [4.78, 5) is 4.63. The van der Waals surface area contributed by atoms with Crippen LogP contribution in [0.15, 0.2) is 59.9 Å². The third kappa shape index (κ3) is 2.47. The Morgan fingerprint density at radius 1 is 1.15 bits per heavy atom. The summed E-state index contributed by atoms with van der Waals surface area (Å²) in [5, 5.41) is 11.2.